The average molecular weight is 309 g/mol. The normalized spacial score (nSPS) is 23.0. The van der Waals surface area contributed by atoms with Crippen molar-refractivity contribution in [2.75, 3.05) is 19.3 Å². The number of amides is 1. The van der Waals surface area contributed by atoms with Crippen LogP contribution in [0.2, 0.25) is 0 Å². The predicted octanol–water partition coefficient (Wildman–Crippen LogP) is 2.19. The molecule has 0 radical (unpaired) electrons. The molecule has 1 fully saturated rings. The molecule has 2 rings (SSSR count). The number of thioether (sulfide) groups is 1. The molecule has 0 saturated carbocycles. The number of hydrogen-bond acceptors (Lipinski definition) is 5. The van der Waals surface area contributed by atoms with E-state index in [1.807, 2.05) is 31.9 Å². The van der Waals surface area contributed by atoms with Crippen molar-refractivity contribution in [1.82, 2.24) is 14.9 Å². The SMILES string of the molecule is CSc1nc(C)nc(C)c1C(=O)N1CCCC(C)(O)CC1. The van der Waals surface area contributed by atoms with Gasteiger partial charge >= 0.3 is 0 Å². The zero-order valence-electron chi connectivity index (χ0n) is 13.1. The second kappa shape index (κ2) is 6.32. The maximum atomic E-state index is 12.8. The Morgan fingerprint density at radius 2 is 2.00 bits per heavy atom. The standard InChI is InChI=1S/C15H23N3O2S/c1-10-12(13(21-4)17-11(2)16-10)14(19)18-8-5-6-15(3,20)7-9-18/h20H,5-9H2,1-4H3. The Kier molecular flexibility index (Phi) is 4.88. The Bertz CT molecular complexity index is 546. The van der Waals surface area contributed by atoms with Gasteiger partial charge in [0.05, 0.1) is 16.9 Å². The molecule has 1 aliphatic rings. The van der Waals surface area contributed by atoms with Crippen molar-refractivity contribution in [3.05, 3.63) is 17.1 Å². The highest BCUT2D eigenvalue weighted by Gasteiger charge is 2.29. The van der Waals surface area contributed by atoms with Gasteiger partial charge in [0.2, 0.25) is 0 Å². The van der Waals surface area contributed by atoms with Crippen molar-refractivity contribution < 1.29 is 9.90 Å². The minimum atomic E-state index is -0.670. The first kappa shape index (κ1) is 16.2. The van der Waals surface area contributed by atoms with E-state index in [0.29, 0.717) is 30.9 Å². The van der Waals surface area contributed by atoms with Crippen LogP contribution in [0, 0.1) is 13.8 Å². The molecular formula is C15H23N3O2S. The van der Waals surface area contributed by atoms with E-state index in [-0.39, 0.29) is 5.91 Å². The zero-order valence-corrected chi connectivity index (χ0v) is 14.0. The van der Waals surface area contributed by atoms with Gasteiger partial charge in [-0.2, -0.15) is 0 Å². The molecule has 5 nitrogen and oxygen atoms in total. The summed E-state index contributed by atoms with van der Waals surface area (Å²) in [6.07, 6.45) is 4.08. The highest BCUT2D eigenvalue weighted by atomic mass is 32.2. The Morgan fingerprint density at radius 3 is 2.67 bits per heavy atom. The topological polar surface area (TPSA) is 66.3 Å². The first-order chi connectivity index (χ1) is 9.84. The highest BCUT2D eigenvalue weighted by Crippen LogP contribution is 2.26. The summed E-state index contributed by atoms with van der Waals surface area (Å²) in [5, 5.41) is 10.9. The van der Waals surface area contributed by atoms with Crippen LogP contribution in [0.25, 0.3) is 0 Å². The lowest BCUT2D eigenvalue weighted by atomic mass is 9.98. The molecule has 21 heavy (non-hydrogen) atoms. The summed E-state index contributed by atoms with van der Waals surface area (Å²) in [5.41, 5.74) is 0.665. The maximum absolute atomic E-state index is 12.8. The van der Waals surface area contributed by atoms with Crippen LogP contribution < -0.4 is 0 Å². The quantitative estimate of drug-likeness (QED) is 0.670. The molecule has 1 aromatic heterocycles. The first-order valence-electron chi connectivity index (χ1n) is 7.25. The van der Waals surface area contributed by atoms with Crippen molar-refractivity contribution in [3.63, 3.8) is 0 Å². The fraction of sp³-hybridized carbons (Fsp3) is 0.667. The second-order valence-electron chi connectivity index (χ2n) is 5.88. The van der Waals surface area contributed by atoms with Gasteiger partial charge in [-0.05, 0) is 46.3 Å². The third-order valence-corrected chi connectivity index (χ3v) is 4.61. The van der Waals surface area contributed by atoms with Crippen LogP contribution >= 0.6 is 11.8 Å². The van der Waals surface area contributed by atoms with Crippen LogP contribution in [-0.2, 0) is 0 Å². The highest BCUT2D eigenvalue weighted by molar-refractivity contribution is 7.98. The van der Waals surface area contributed by atoms with Crippen LogP contribution in [0.15, 0.2) is 5.03 Å². The number of nitrogens with zero attached hydrogens (tertiary/aromatic N) is 3. The van der Waals surface area contributed by atoms with Crippen LogP contribution in [-0.4, -0.2) is 50.8 Å². The van der Waals surface area contributed by atoms with Gasteiger partial charge in [-0.15, -0.1) is 11.8 Å². The van der Waals surface area contributed by atoms with Gasteiger partial charge in [-0.3, -0.25) is 4.79 Å². The summed E-state index contributed by atoms with van der Waals surface area (Å²) in [5.74, 6) is 0.668. The molecule has 2 heterocycles. The van der Waals surface area contributed by atoms with Crippen molar-refractivity contribution in [3.8, 4) is 0 Å². The molecule has 0 spiro atoms. The summed E-state index contributed by atoms with van der Waals surface area (Å²) in [6, 6.07) is 0. The average Bonchev–Trinajstić information content (AvgIpc) is 2.58. The molecule has 1 unspecified atom stereocenters. The van der Waals surface area contributed by atoms with E-state index in [0.717, 1.165) is 23.6 Å². The lowest BCUT2D eigenvalue weighted by Crippen LogP contribution is -2.34. The molecule has 0 bridgehead atoms. The number of carbonyl (C=O) groups is 1. The number of likely N-dealkylation sites (tertiary alicyclic amines) is 1. The van der Waals surface area contributed by atoms with E-state index >= 15 is 0 Å². The van der Waals surface area contributed by atoms with Gasteiger partial charge in [0.25, 0.3) is 5.91 Å². The monoisotopic (exact) mass is 309 g/mol. The maximum Gasteiger partial charge on any atom is 0.258 e. The van der Waals surface area contributed by atoms with Gasteiger partial charge in [-0.25, -0.2) is 9.97 Å². The smallest absolute Gasteiger partial charge is 0.258 e. The Labute approximate surface area is 130 Å². The number of aromatic nitrogens is 2. The summed E-state index contributed by atoms with van der Waals surface area (Å²) < 4.78 is 0. The number of aryl methyl sites for hydroxylation is 2. The molecule has 116 valence electrons. The minimum absolute atomic E-state index is 0.0189. The molecule has 6 heteroatoms. The van der Waals surface area contributed by atoms with Crippen LogP contribution in [0.3, 0.4) is 0 Å². The minimum Gasteiger partial charge on any atom is -0.390 e. The number of rotatable bonds is 2. The molecular weight excluding hydrogens is 286 g/mol. The molecule has 1 atom stereocenters. The Hall–Kier alpha value is -1.14. The van der Waals surface area contributed by atoms with Crippen molar-refractivity contribution >= 4 is 17.7 Å². The van der Waals surface area contributed by atoms with Crippen LogP contribution in [0.1, 0.15) is 48.1 Å². The van der Waals surface area contributed by atoms with E-state index in [9.17, 15) is 9.90 Å². The Morgan fingerprint density at radius 1 is 1.29 bits per heavy atom. The van der Waals surface area contributed by atoms with E-state index < -0.39 is 5.60 Å². The third kappa shape index (κ3) is 3.74. The summed E-state index contributed by atoms with van der Waals surface area (Å²) in [7, 11) is 0. The van der Waals surface area contributed by atoms with E-state index in [2.05, 4.69) is 9.97 Å². The zero-order chi connectivity index (χ0) is 15.6. The van der Waals surface area contributed by atoms with Crippen LogP contribution in [0.4, 0.5) is 0 Å². The van der Waals surface area contributed by atoms with Gasteiger partial charge < -0.3 is 10.0 Å². The van der Waals surface area contributed by atoms with Crippen molar-refractivity contribution in [1.29, 1.82) is 0 Å². The molecule has 1 aromatic rings. The van der Waals surface area contributed by atoms with Crippen LogP contribution in [0.5, 0.6) is 0 Å². The molecule has 1 amide bonds. The molecule has 1 aliphatic heterocycles. The number of carbonyl (C=O) groups excluding carboxylic acids is 1. The van der Waals surface area contributed by atoms with E-state index in [4.69, 9.17) is 0 Å². The van der Waals surface area contributed by atoms with E-state index in [1.165, 1.54) is 11.8 Å². The van der Waals surface area contributed by atoms with Crippen molar-refractivity contribution in [2.45, 2.75) is 50.7 Å². The van der Waals surface area contributed by atoms with Gasteiger partial charge in [0.15, 0.2) is 0 Å². The molecule has 1 N–H and O–H groups in total. The van der Waals surface area contributed by atoms with Gasteiger partial charge in [-0.1, -0.05) is 0 Å². The fourth-order valence-electron chi connectivity index (χ4n) is 2.70. The fourth-order valence-corrected chi connectivity index (χ4v) is 3.36. The van der Waals surface area contributed by atoms with Gasteiger partial charge in [0.1, 0.15) is 10.9 Å². The summed E-state index contributed by atoms with van der Waals surface area (Å²) >= 11 is 1.47. The first-order valence-corrected chi connectivity index (χ1v) is 8.47. The summed E-state index contributed by atoms with van der Waals surface area (Å²) in [4.78, 5) is 23.4. The second-order valence-corrected chi connectivity index (χ2v) is 6.68. The lowest BCUT2D eigenvalue weighted by Gasteiger charge is -2.23. The lowest BCUT2D eigenvalue weighted by molar-refractivity contribution is 0.0437. The van der Waals surface area contributed by atoms with Crippen molar-refractivity contribution in [2.24, 2.45) is 0 Å². The summed E-state index contributed by atoms with van der Waals surface area (Å²) in [6.45, 7) is 6.79. The molecule has 0 aliphatic carbocycles. The largest absolute Gasteiger partial charge is 0.390 e. The molecule has 1 saturated heterocycles. The number of hydrogen-bond donors (Lipinski definition) is 1. The number of aliphatic hydroxyl groups is 1. The predicted molar refractivity (Wildman–Crippen MR) is 83.7 cm³/mol. The molecule has 0 aromatic carbocycles. The Balaban J connectivity index is 2.28. The van der Waals surface area contributed by atoms with E-state index in [1.54, 1.807) is 0 Å². The van der Waals surface area contributed by atoms with Gasteiger partial charge in [0, 0.05) is 13.1 Å². The third-order valence-electron chi connectivity index (χ3n) is 3.93.